The van der Waals surface area contributed by atoms with Crippen LogP contribution in [0, 0.1) is 5.92 Å². The second-order valence-corrected chi connectivity index (χ2v) is 7.27. The average molecular weight is 276 g/mol. The van der Waals surface area contributed by atoms with E-state index in [0.717, 1.165) is 12.8 Å². The zero-order chi connectivity index (χ0) is 13.3. The van der Waals surface area contributed by atoms with Crippen LogP contribution in [0.2, 0.25) is 0 Å². The summed E-state index contributed by atoms with van der Waals surface area (Å²) in [6, 6.07) is 0.0566. The number of piperidine rings is 1. The quantitative estimate of drug-likeness (QED) is 0.713. The van der Waals surface area contributed by atoms with Crippen LogP contribution >= 0.6 is 0 Å². The van der Waals surface area contributed by atoms with Gasteiger partial charge in [-0.05, 0) is 25.7 Å². The Kier molecular flexibility index (Phi) is 3.93. The lowest BCUT2D eigenvalue weighted by molar-refractivity contribution is -0.128. The Morgan fingerprint density at radius 1 is 1.39 bits per heavy atom. The number of hydrogen-bond acceptors (Lipinski definition) is 4. The lowest BCUT2D eigenvalue weighted by Gasteiger charge is -2.35. The van der Waals surface area contributed by atoms with Gasteiger partial charge in [0.15, 0.2) is 0 Å². The van der Waals surface area contributed by atoms with Gasteiger partial charge in [0.05, 0.1) is 18.3 Å². The van der Waals surface area contributed by atoms with Crippen molar-refractivity contribution in [3.63, 3.8) is 0 Å². The summed E-state index contributed by atoms with van der Waals surface area (Å²) in [6.45, 7) is 0.782. The minimum atomic E-state index is -3.21. The van der Waals surface area contributed by atoms with Gasteiger partial charge >= 0.3 is 0 Å². The van der Waals surface area contributed by atoms with Crippen molar-refractivity contribution in [3.05, 3.63) is 0 Å². The van der Waals surface area contributed by atoms with E-state index < -0.39 is 10.0 Å². The fourth-order valence-electron chi connectivity index (χ4n) is 2.48. The highest BCUT2D eigenvalue weighted by molar-refractivity contribution is 7.88. The molecule has 1 aliphatic carbocycles. The van der Waals surface area contributed by atoms with Crippen LogP contribution in [0.3, 0.4) is 0 Å². The van der Waals surface area contributed by atoms with Crippen LogP contribution in [0.15, 0.2) is 0 Å². The molecule has 7 heteroatoms. The molecule has 2 N–H and O–H groups in total. The number of carbonyl (C=O) groups excluding carboxylic acids is 1. The van der Waals surface area contributed by atoms with Gasteiger partial charge in [0.1, 0.15) is 0 Å². The normalized spacial score (nSPS) is 33.8. The van der Waals surface area contributed by atoms with Gasteiger partial charge in [-0.1, -0.05) is 0 Å². The molecule has 2 fully saturated rings. The molecule has 18 heavy (non-hydrogen) atoms. The first-order chi connectivity index (χ1) is 8.36. The minimum Gasteiger partial charge on any atom is -0.393 e. The lowest BCUT2D eigenvalue weighted by Crippen LogP contribution is -2.51. The molecule has 1 saturated heterocycles. The van der Waals surface area contributed by atoms with Gasteiger partial charge in [-0.2, -0.15) is 0 Å². The van der Waals surface area contributed by atoms with Crippen molar-refractivity contribution in [1.82, 2.24) is 9.62 Å². The van der Waals surface area contributed by atoms with Crippen molar-refractivity contribution < 1.29 is 18.3 Å². The Bertz CT molecular complexity index is 417. The molecule has 0 aromatic heterocycles. The lowest BCUT2D eigenvalue weighted by atomic mass is 9.88. The van der Waals surface area contributed by atoms with Crippen molar-refractivity contribution >= 4 is 15.9 Å². The van der Waals surface area contributed by atoms with E-state index in [1.165, 1.54) is 10.6 Å². The van der Waals surface area contributed by atoms with Gasteiger partial charge in [0.2, 0.25) is 15.9 Å². The number of hydrogen-bond donors (Lipinski definition) is 2. The van der Waals surface area contributed by atoms with Gasteiger partial charge in [0.25, 0.3) is 0 Å². The predicted molar refractivity (Wildman–Crippen MR) is 66.3 cm³/mol. The molecule has 2 rings (SSSR count). The van der Waals surface area contributed by atoms with E-state index in [1.807, 2.05) is 0 Å². The molecule has 0 radical (unpaired) electrons. The number of nitrogens with zero attached hydrogens (tertiary/aromatic N) is 1. The standard InChI is InChI=1S/C11H20N2O4S/c1-18(16,17)13-4-2-3-8(7-13)11(15)12-9-5-10(14)6-9/h8-10,14H,2-7H2,1H3,(H,12,15). The van der Waals surface area contributed by atoms with Crippen molar-refractivity contribution in [2.24, 2.45) is 5.92 Å². The maximum Gasteiger partial charge on any atom is 0.224 e. The molecule has 0 spiro atoms. The first-order valence-electron chi connectivity index (χ1n) is 6.30. The minimum absolute atomic E-state index is 0.0566. The van der Waals surface area contributed by atoms with Crippen LogP contribution in [-0.4, -0.2) is 55.2 Å². The van der Waals surface area contributed by atoms with Crippen LogP contribution in [0.5, 0.6) is 0 Å². The summed E-state index contributed by atoms with van der Waals surface area (Å²) in [7, 11) is -3.21. The van der Waals surface area contributed by atoms with Crippen LogP contribution in [0.4, 0.5) is 0 Å². The summed E-state index contributed by atoms with van der Waals surface area (Å²) >= 11 is 0. The maximum absolute atomic E-state index is 12.0. The van der Waals surface area contributed by atoms with Crippen LogP contribution in [0.25, 0.3) is 0 Å². The van der Waals surface area contributed by atoms with Crippen LogP contribution in [-0.2, 0) is 14.8 Å². The number of carbonyl (C=O) groups is 1. The maximum atomic E-state index is 12.0. The van der Waals surface area contributed by atoms with E-state index in [2.05, 4.69) is 5.32 Å². The number of sulfonamides is 1. The number of nitrogens with one attached hydrogen (secondary N) is 1. The number of aliphatic hydroxyl groups excluding tert-OH is 1. The Morgan fingerprint density at radius 3 is 2.61 bits per heavy atom. The summed E-state index contributed by atoms with van der Waals surface area (Å²) in [6.07, 6.45) is 3.54. The molecule has 0 aromatic carbocycles. The largest absolute Gasteiger partial charge is 0.393 e. The fraction of sp³-hybridized carbons (Fsp3) is 0.909. The number of amides is 1. The highest BCUT2D eigenvalue weighted by Crippen LogP contribution is 2.22. The molecule has 0 bridgehead atoms. The molecule has 2 aliphatic rings. The molecule has 6 nitrogen and oxygen atoms in total. The van der Waals surface area contributed by atoms with E-state index in [1.54, 1.807) is 0 Å². The molecule has 1 heterocycles. The summed E-state index contributed by atoms with van der Waals surface area (Å²) in [5, 5.41) is 12.0. The second-order valence-electron chi connectivity index (χ2n) is 5.29. The van der Waals surface area contributed by atoms with Gasteiger partial charge in [-0.3, -0.25) is 4.79 Å². The topological polar surface area (TPSA) is 86.7 Å². The van der Waals surface area contributed by atoms with Gasteiger partial charge in [0, 0.05) is 19.1 Å². The Morgan fingerprint density at radius 2 is 2.06 bits per heavy atom. The second kappa shape index (κ2) is 5.14. The molecular weight excluding hydrogens is 256 g/mol. The Balaban J connectivity index is 1.86. The van der Waals surface area contributed by atoms with Crippen molar-refractivity contribution in [3.8, 4) is 0 Å². The first kappa shape index (κ1) is 13.8. The van der Waals surface area contributed by atoms with Gasteiger partial charge in [-0.25, -0.2) is 12.7 Å². The molecule has 1 atom stereocenters. The molecule has 1 saturated carbocycles. The van der Waals surface area contributed by atoms with E-state index >= 15 is 0 Å². The molecule has 104 valence electrons. The predicted octanol–water partition coefficient (Wildman–Crippen LogP) is -0.702. The van der Waals surface area contributed by atoms with E-state index in [-0.39, 0.29) is 30.5 Å². The number of rotatable bonds is 3. The monoisotopic (exact) mass is 276 g/mol. The van der Waals surface area contributed by atoms with Crippen molar-refractivity contribution in [1.29, 1.82) is 0 Å². The summed E-state index contributed by atoms with van der Waals surface area (Å²) < 4.78 is 24.3. The summed E-state index contributed by atoms with van der Waals surface area (Å²) in [4.78, 5) is 12.0. The SMILES string of the molecule is CS(=O)(=O)N1CCCC(C(=O)NC2CC(O)C2)C1. The molecular formula is C11H20N2O4S. The zero-order valence-corrected chi connectivity index (χ0v) is 11.3. The van der Waals surface area contributed by atoms with E-state index in [9.17, 15) is 13.2 Å². The smallest absolute Gasteiger partial charge is 0.224 e. The fourth-order valence-corrected chi connectivity index (χ4v) is 3.39. The Hall–Kier alpha value is -0.660. The molecule has 1 aliphatic heterocycles. The number of aliphatic hydroxyl groups is 1. The third kappa shape index (κ3) is 3.21. The van der Waals surface area contributed by atoms with Crippen molar-refractivity contribution in [2.45, 2.75) is 37.8 Å². The highest BCUT2D eigenvalue weighted by Gasteiger charge is 2.34. The molecule has 1 amide bonds. The van der Waals surface area contributed by atoms with Crippen molar-refractivity contribution in [2.75, 3.05) is 19.3 Å². The third-order valence-electron chi connectivity index (χ3n) is 3.68. The van der Waals surface area contributed by atoms with Gasteiger partial charge in [-0.15, -0.1) is 0 Å². The Labute approximate surface area is 107 Å². The third-order valence-corrected chi connectivity index (χ3v) is 4.95. The zero-order valence-electron chi connectivity index (χ0n) is 10.5. The highest BCUT2D eigenvalue weighted by atomic mass is 32.2. The van der Waals surface area contributed by atoms with Crippen LogP contribution < -0.4 is 5.32 Å². The molecule has 1 unspecified atom stereocenters. The van der Waals surface area contributed by atoms with Crippen LogP contribution in [0.1, 0.15) is 25.7 Å². The summed E-state index contributed by atoms with van der Waals surface area (Å²) in [5.41, 5.74) is 0. The summed E-state index contributed by atoms with van der Waals surface area (Å²) in [5.74, 6) is -0.341. The molecule has 0 aromatic rings. The van der Waals surface area contributed by atoms with E-state index in [0.29, 0.717) is 19.4 Å². The van der Waals surface area contributed by atoms with E-state index in [4.69, 9.17) is 5.11 Å². The first-order valence-corrected chi connectivity index (χ1v) is 8.14. The average Bonchev–Trinajstić information content (AvgIpc) is 2.26. The van der Waals surface area contributed by atoms with Gasteiger partial charge < -0.3 is 10.4 Å².